The molecule has 126 valence electrons. The molecular formula is C18H25FN2O2. The first-order valence-electron chi connectivity index (χ1n) is 7.96. The fourth-order valence-electron chi connectivity index (χ4n) is 2.58. The minimum atomic E-state index is -1.04. The van der Waals surface area contributed by atoms with Gasteiger partial charge in [0.1, 0.15) is 12.8 Å². The zero-order chi connectivity index (χ0) is 16.8. The van der Waals surface area contributed by atoms with Gasteiger partial charge in [0.15, 0.2) is 0 Å². The molecule has 1 N–H and O–H groups in total. The summed E-state index contributed by atoms with van der Waals surface area (Å²) in [5.41, 5.74) is 2.92. The lowest BCUT2D eigenvalue weighted by Crippen LogP contribution is -2.47. The van der Waals surface area contributed by atoms with Crippen molar-refractivity contribution in [2.24, 2.45) is 5.92 Å². The maximum Gasteiger partial charge on any atom is 0.410 e. The van der Waals surface area contributed by atoms with Gasteiger partial charge in [0, 0.05) is 24.7 Å². The lowest BCUT2D eigenvalue weighted by molar-refractivity contribution is 0.0522. The highest BCUT2D eigenvalue weighted by Crippen LogP contribution is 2.21. The molecule has 1 fully saturated rings. The minimum absolute atomic E-state index is 0.0900. The molecule has 0 bridgehead atoms. The number of carbonyl (C=O) groups is 1. The highest BCUT2D eigenvalue weighted by molar-refractivity contribution is 5.67. The third-order valence-electron chi connectivity index (χ3n) is 4.08. The Morgan fingerprint density at radius 2 is 2.13 bits per heavy atom. The van der Waals surface area contributed by atoms with Crippen molar-refractivity contribution in [2.45, 2.75) is 33.0 Å². The van der Waals surface area contributed by atoms with Crippen LogP contribution in [-0.2, 0) is 11.3 Å². The second kappa shape index (κ2) is 7.99. The van der Waals surface area contributed by atoms with Gasteiger partial charge >= 0.3 is 6.09 Å². The van der Waals surface area contributed by atoms with Crippen LogP contribution >= 0.6 is 0 Å². The summed E-state index contributed by atoms with van der Waals surface area (Å²) in [6.07, 6.45) is -0.858. The van der Waals surface area contributed by atoms with Crippen molar-refractivity contribution < 1.29 is 13.9 Å². The molecule has 0 aliphatic carbocycles. The average molecular weight is 320 g/mol. The highest BCUT2D eigenvalue weighted by atomic mass is 19.1. The van der Waals surface area contributed by atoms with Crippen LogP contribution < -0.4 is 5.32 Å². The van der Waals surface area contributed by atoms with Crippen LogP contribution in [0.25, 0.3) is 0 Å². The number of amides is 1. The van der Waals surface area contributed by atoms with Crippen molar-refractivity contribution in [3.63, 3.8) is 0 Å². The number of halogens is 1. The molecule has 5 heteroatoms. The number of alkyl halides is 1. The molecule has 1 heterocycles. The van der Waals surface area contributed by atoms with E-state index in [9.17, 15) is 9.18 Å². The summed E-state index contributed by atoms with van der Waals surface area (Å²) in [5.74, 6) is -0.0900. The number of hydrogen-bond acceptors (Lipinski definition) is 3. The number of aryl methyl sites for hydroxylation is 1. The van der Waals surface area contributed by atoms with Gasteiger partial charge in [-0.15, -0.1) is 0 Å². The average Bonchev–Trinajstić information content (AvgIpc) is 2.52. The van der Waals surface area contributed by atoms with E-state index >= 15 is 0 Å². The third kappa shape index (κ3) is 5.27. The Morgan fingerprint density at radius 3 is 2.74 bits per heavy atom. The van der Waals surface area contributed by atoms with Crippen molar-refractivity contribution in [1.29, 1.82) is 0 Å². The number of nitrogens with one attached hydrogen (secondary N) is 1. The van der Waals surface area contributed by atoms with Crippen molar-refractivity contribution in [1.82, 2.24) is 10.2 Å². The van der Waals surface area contributed by atoms with Crippen molar-refractivity contribution in [2.75, 3.05) is 19.6 Å². The second-order valence-corrected chi connectivity index (χ2v) is 6.21. The van der Waals surface area contributed by atoms with Gasteiger partial charge in [-0.05, 0) is 25.8 Å². The van der Waals surface area contributed by atoms with Gasteiger partial charge in [-0.3, -0.25) is 0 Å². The minimum Gasteiger partial charge on any atom is -0.445 e. The van der Waals surface area contributed by atoms with E-state index in [0.29, 0.717) is 19.5 Å². The van der Waals surface area contributed by atoms with E-state index in [1.165, 1.54) is 4.90 Å². The van der Waals surface area contributed by atoms with Crippen molar-refractivity contribution in [3.8, 4) is 0 Å². The normalized spacial score (nSPS) is 20.9. The van der Waals surface area contributed by atoms with Gasteiger partial charge in [-0.2, -0.15) is 0 Å². The van der Waals surface area contributed by atoms with Crippen LogP contribution in [-0.4, -0.2) is 36.8 Å². The Bertz CT molecular complexity index is 544. The quantitative estimate of drug-likeness (QED) is 0.904. The van der Waals surface area contributed by atoms with Gasteiger partial charge in [-0.25, -0.2) is 9.18 Å². The van der Waals surface area contributed by atoms with Gasteiger partial charge in [0.05, 0.1) is 6.54 Å². The van der Waals surface area contributed by atoms with Gasteiger partial charge < -0.3 is 15.0 Å². The van der Waals surface area contributed by atoms with Crippen LogP contribution in [0.4, 0.5) is 9.18 Å². The smallest absolute Gasteiger partial charge is 0.410 e. The predicted octanol–water partition coefficient (Wildman–Crippen LogP) is 3.41. The second-order valence-electron chi connectivity index (χ2n) is 6.21. The molecule has 23 heavy (non-hydrogen) atoms. The zero-order valence-electron chi connectivity index (χ0n) is 13.8. The van der Waals surface area contributed by atoms with E-state index < -0.39 is 12.3 Å². The Labute approximate surface area is 137 Å². The molecule has 2 atom stereocenters. The standard InChI is InChI=1S/C18H25FN2O2/c1-13(2)20-10-16-8-9-21(11-17(16)19)18(22)23-12-15-6-4-14(3)5-7-15/h4-7,16-17,20H,1,8-12H2,2-3H3/t16?,17-/m1/s1. The van der Waals surface area contributed by atoms with Crippen molar-refractivity contribution >= 4 is 6.09 Å². The fourth-order valence-corrected chi connectivity index (χ4v) is 2.58. The maximum absolute atomic E-state index is 14.2. The first-order chi connectivity index (χ1) is 11.0. The summed E-state index contributed by atoms with van der Waals surface area (Å²) in [5, 5.41) is 3.07. The van der Waals surface area contributed by atoms with E-state index in [2.05, 4.69) is 11.9 Å². The van der Waals surface area contributed by atoms with Crippen LogP contribution in [0.1, 0.15) is 24.5 Å². The molecular weight excluding hydrogens is 295 g/mol. The molecule has 1 aromatic rings. The monoisotopic (exact) mass is 320 g/mol. The summed E-state index contributed by atoms with van der Waals surface area (Å²) in [6.45, 7) is 8.99. The van der Waals surface area contributed by atoms with E-state index in [-0.39, 0.29) is 19.1 Å². The number of ether oxygens (including phenoxy) is 1. The zero-order valence-corrected chi connectivity index (χ0v) is 13.8. The SMILES string of the molecule is C=C(C)NCC1CCN(C(=O)OCc2ccc(C)cc2)C[C@H]1F. The number of nitrogens with zero attached hydrogens (tertiary/aromatic N) is 1. The molecule has 0 saturated carbocycles. The number of piperidine rings is 1. The van der Waals surface area contributed by atoms with Gasteiger partial charge in [0.2, 0.25) is 0 Å². The highest BCUT2D eigenvalue weighted by Gasteiger charge is 2.32. The van der Waals surface area contributed by atoms with Gasteiger partial charge in [0.25, 0.3) is 0 Å². The maximum atomic E-state index is 14.2. The molecule has 1 aromatic carbocycles. The molecule has 1 aliphatic rings. The Morgan fingerprint density at radius 1 is 1.43 bits per heavy atom. The summed E-state index contributed by atoms with van der Waals surface area (Å²) in [4.78, 5) is 13.5. The molecule has 1 saturated heterocycles. The van der Waals surface area contributed by atoms with Crippen LogP contribution in [0.3, 0.4) is 0 Å². The molecule has 4 nitrogen and oxygen atoms in total. The molecule has 1 unspecified atom stereocenters. The lowest BCUT2D eigenvalue weighted by Gasteiger charge is -2.34. The van der Waals surface area contributed by atoms with E-state index in [1.54, 1.807) is 0 Å². The summed E-state index contributed by atoms with van der Waals surface area (Å²) in [7, 11) is 0. The number of likely N-dealkylation sites (tertiary alicyclic amines) is 1. The van der Waals surface area contributed by atoms with E-state index in [4.69, 9.17) is 4.74 Å². The summed E-state index contributed by atoms with van der Waals surface area (Å²) < 4.78 is 19.5. The number of carbonyl (C=O) groups excluding carboxylic acids is 1. The molecule has 1 amide bonds. The topological polar surface area (TPSA) is 41.6 Å². The van der Waals surface area contributed by atoms with E-state index in [1.807, 2.05) is 38.1 Å². The first kappa shape index (κ1) is 17.3. The molecule has 1 aliphatic heterocycles. The largest absolute Gasteiger partial charge is 0.445 e. The predicted molar refractivity (Wildman–Crippen MR) is 88.8 cm³/mol. The molecule has 0 spiro atoms. The lowest BCUT2D eigenvalue weighted by atomic mass is 9.95. The first-order valence-corrected chi connectivity index (χ1v) is 7.96. The van der Waals surface area contributed by atoms with Crippen LogP contribution in [0.5, 0.6) is 0 Å². The Balaban J connectivity index is 1.78. The van der Waals surface area contributed by atoms with E-state index in [0.717, 1.165) is 16.8 Å². The molecule has 0 radical (unpaired) electrons. The van der Waals surface area contributed by atoms with Crippen LogP contribution in [0, 0.1) is 12.8 Å². The fraction of sp³-hybridized carbons (Fsp3) is 0.500. The Hall–Kier alpha value is -2.04. The third-order valence-corrected chi connectivity index (χ3v) is 4.08. The number of hydrogen-bond donors (Lipinski definition) is 1. The van der Waals surface area contributed by atoms with Crippen LogP contribution in [0.15, 0.2) is 36.5 Å². The van der Waals surface area contributed by atoms with Crippen LogP contribution in [0.2, 0.25) is 0 Å². The number of rotatable bonds is 5. The number of allylic oxidation sites excluding steroid dienone is 1. The summed E-state index contributed by atoms with van der Waals surface area (Å²) in [6, 6.07) is 7.80. The van der Waals surface area contributed by atoms with Gasteiger partial charge in [-0.1, -0.05) is 36.4 Å². The van der Waals surface area contributed by atoms with Crippen molar-refractivity contribution in [3.05, 3.63) is 47.7 Å². The molecule has 0 aromatic heterocycles. The Kier molecular flexibility index (Phi) is 6.02. The number of benzene rings is 1. The summed E-state index contributed by atoms with van der Waals surface area (Å²) >= 11 is 0. The molecule has 2 rings (SSSR count).